The lowest BCUT2D eigenvalue weighted by Crippen LogP contribution is -2.52. The molecule has 0 aliphatic rings. The summed E-state index contributed by atoms with van der Waals surface area (Å²) in [6.07, 6.45) is 2.83. The number of hydrogen-bond acceptors (Lipinski definition) is 4. The fourth-order valence-corrected chi connectivity index (χ4v) is 2.46. The summed E-state index contributed by atoms with van der Waals surface area (Å²) in [7, 11) is 1.59. The first-order valence-corrected chi connectivity index (χ1v) is 8.18. The molecular formula is C18H29ClN2O3. The summed E-state index contributed by atoms with van der Waals surface area (Å²) in [5, 5.41) is 3.02. The van der Waals surface area contributed by atoms with E-state index < -0.39 is 0 Å². The predicted molar refractivity (Wildman–Crippen MR) is 98.9 cm³/mol. The minimum Gasteiger partial charge on any atom is -0.497 e. The molecule has 3 N–H and O–H groups in total. The highest BCUT2D eigenvalue weighted by atomic mass is 35.5. The number of ether oxygens (including phenoxy) is 1. The van der Waals surface area contributed by atoms with Gasteiger partial charge in [-0.2, -0.15) is 0 Å². The van der Waals surface area contributed by atoms with Gasteiger partial charge in [0.25, 0.3) is 0 Å². The lowest BCUT2D eigenvalue weighted by atomic mass is 9.92. The van der Waals surface area contributed by atoms with Crippen LogP contribution in [0.5, 0.6) is 5.75 Å². The average Bonchev–Trinajstić information content (AvgIpc) is 2.59. The minimum atomic E-state index is -0.322. The van der Waals surface area contributed by atoms with Gasteiger partial charge in [-0.1, -0.05) is 13.8 Å². The van der Waals surface area contributed by atoms with Crippen LogP contribution < -0.4 is 15.8 Å². The van der Waals surface area contributed by atoms with E-state index in [1.165, 1.54) is 0 Å². The van der Waals surface area contributed by atoms with Crippen molar-refractivity contribution in [2.75, 3.05) is 13.7 Å². The van der Waals surface area contributed by atoms with Crippen molar-refractivity contribution in [1.82, 2.24) is 5.32 Å². The predicted octanol–water partition coefficient (Wildman–Crippen LogP) is 3.10. The van der Waals surface area contributed by atoms with Crippen LogP contribution in [-0.4, -0.2) is 30.9 Å². The van der Waals surface area contributed by atoms with Crippen LogP contribution in [0.1, 0.15) is 56.3 Å². The summed E-state index contributed by atoms with van der Waals surface area (Å²) < 4.78 is 5.07. The highest BCUT2D eigenvalue weighted by Crippen LogP contribution is 2.15. The quantitative estimate of drug-likeness (QED) is 0.631. The molecule has 0 atom stereocenters. The summed E-state index contributed by atoms with van der Waals surface area (Å²) in [6, 6.07) is 7.01. The van der Waals surface area contributed by atoms with Crippen LogP contribution in [0, 0.1) is 0 Å². The number of methoxy groups -OCH3 is 1. The number of amides is 1. The minimum absolute atomic E-state index is 0. The van der Waals surface area contributed by atoms with Crippen molar-refractivity contribution in [1.29, 1.82) is 0 Å². The zero-order valence-electron chi connectivity index (χ0n) is 14.8. The number of rotatable bonds is 10. The van der Waals surface area contributed by atoms with E-state index in [2.05, 4.69) is 5.32 Å². The maximum absolute atomic E-state index is 12.1. The zero-order chi connectivity index (χ0) is 17.3. The van der Waals surface area contributed by atoms with Crippen molar-refractivity contribution in [3.8, 4) is 5.75 Å². The van der Waals surface area contributed by atoms with Gasteiger partial charge in [-0.05, 0) is 43.5 Å². The topological polar surface area (TPSA) is 81.4 Å². The Balaban J connectivity index is 0.00000529. The summed E-state index contributed by atoms with van der Waals surface area (Å²) in [5.74, 6) is 0.719. The molecule has 0 aliphatic heterocycles. The Morgan fingerprint density at radius 1 is 1.12 bits per heavy atom. The molecule has 0 aliphatic carbocycles. The number of halogens is 1. The highest BCUT2D eigenvalue weighted by Gasteiger charge is 2.25. The Bertz CT molecular complexity index is 505. The van der Waals surface area contributed by atoms with Gasteiger partial charge in [0.1, 0.15) is 5.75 Å². The molecule has 6 heteroatoms. The van der Waals surface area contributed by atoms with Crippen LogP contribution in [-0.2, 0) is 4.79 Å². The van der Waals surface area contributed by atoms with E-state index in [4.69, 9.17) is 10.5 Å². The van der Waals surface area contributed by atoms with Crippen molar-refractivity contribution >= 4 is 24.1 Å². The van der Waals surface area contributed by atoms with E-state index in [1.807, 2.05) is 13.8 Å². The molecule has 0 saturated heterocycles. The molecule has 1 amide bonds. The first-order chi connectivity index (χ1) is 11.0. The van der Waals surface area contributed by atoms with E-state index in [9.17, 15) is 9.59 Å². The van der Waals surface area contributed by atoms with Crippen LogP contribution in [0.2, 0.25) is 0 Å². The second-order valence-electron chi connectivity index (χ2n) is 5.74. The molecule has 1 aromatic carbocycles. The fraction of sp³-hybridized carbons (Fsp3) is 0.556. The monoisotopic (exact) mass is 356 g/mol. The van der Waals surface area contributed by atoms with E-state index >= 15 is 0 Å². The van der Waals surface area contributed by atoms with Crippen LogP contribution in [0.15, 0.2) is 24.3 Å². The second-order valence-corrected chi connectivity index (χ2v) is 5.74. The Morgan fingerprint density at radius 3 is 2.17 bits per heavy atom. The second kappa shape index (κ2) is 11.0. The number of carbonyl (C=O) groups excluding carboxylic acids is 2. The van der Waals surface area contributed by atoms with Gasteiger partial charge >= 0.3 is 0 Å². The van der Waals surface area contributed by atoms with Gasteiger partial charge in [-0.3, -0.25) is 9.59 Å². The fourth-order valence-electron chi connectivity index (χ4n) is 2.46. The Hall–Kier alpha value is -1.59. The van der Waals surface area contributed by atoms with E-state index in [0.717, 1.165) is 18.6 Å². The summed E-state index contributed by atoms with van der Waals surface area (Å²) in [4.78, 5) is 24.1. The number of benzene rings is 1. The normalized spacial score (nSPS) is 10.7. The maximum atomic E-state index is 12.1. The Kier molecular flexibility index (Phi) is 10.3. The highest BCUT2D eigenvalue weighted by molar-refractivity contribution is 5.96. The smallest absolute Gasteiger partial charge is 0.220 e. The molecule has 136 valence electrons. The van der Waals surface area contributed by atoms with Crippen molar-refractivity contribution in [3.05, 3.63) is 29.8 Å². The van der Waals surface area contributed by atoms with Crippen LogP contribution >= 0.6 is 12.4 Å². The lowest BCUT2D eigenvalue weighted by molar-refractivity contribution is -0.123. The van der Waals surface area contributed by atoms with Crippen molar-refractivity contribution in [2.45, 2.75) is 51.5 Å². The van der Waals surface area contributed by atoms with Crippen LogP contribution in [0.3, 0.4) is 0 Å². The third-order valence-corrected chi connectivity index (χ3v) is 4.37. The molecule has 24 heavy (non-hydrogen) atoms. The van der Waals surface area contributed by atoms with Crippen molar-refractivity contribution in [2.24, 2.45) is 5.73 Å². The third-order valence-electron chi connectivity index (χ3n) is 4.37. The molecule has 0 aromatic heterocycles. The van der Waals surface area contributed by atoms with E-state index in [-0.39, 0.29) is 29.6 Å². The SMILES string of the molecule is CCC(CC)(CN)NC(=O)CCCC(=O)c1ccc(OC)cc1.Cl. The van der Waals surface area contributed by atoms with Crippen LogP contribution in [0.4, 0.5) is 0 Å². The third kappa shape index (κ3) is 6.49. The number of Topliss-reactive ketones (excluding diaryl/α,β-unsaturated/α-hetero) is 1. The first-order valence-electron chi connectivity index (χ1n) is 8.18. The van der Waals surface area contributed by atoms with Gasteiger partial charge in [0.2, 0.25) is 5.91 Å². The molecule has 0 saturated carbocycles. The number of nitrogens with one attached hydrogen (secondary N) is 1. The van der Waals surface area contributed by atoms with Gasteiger partial charge < -0.3 is 15.8 Å². The lowest BCUT2D eigenvalue weighted by Gasteiger charge is -2.31. The van der Waals surface area contributed by atoms with Gasteiger partial charge in [0.15, 0.2) is 5.78 Å². The Morgan fingerprint density at radius 2 is 1.71 bits per heavy atom. The average molecular weight is 357 g/mol. The molecule has 1 rings (SSSR count). The van der Waals surface area contributed by atoms with E-state index in [1.54, 1.807) is 31.4 Å². The van der Waals surface area contributed by atoms with Crippen molar-refractivity contribution < 1.29 is 14.3 Å². The number of ketones is 1. The van der Waals surface area contributed by atoms with Gasteiger partial charge in [0.05, 0.1) is 12.6 Å². The van der Waals surface area contributed by atoms with Gasteiger partial charge in [-0.15, -0.1) is 12.4 Å². The van der Waals surface area contributed by atoms with Crippen molar-refractivity contribution in [3.63, 3.8) is 0 Å². The number of carbonyl (C=O) groups is 2. The molecule has 0 fully saturated rings. The largest absolute Gasteiger partial charge is 0.497 e. The number of nitrogens with two attached hydrogens (primary N) is 1. The number of hydrogen-bond donors (Lipinski definition) is 2. The molecule has 5 nitrogen and oxygen atoms in total. The summed E-state index contributed by atoms with van der Waals surface area (Å²) >= 11 is 0. The van der Waals surface area contributed by atoms with Crippen LogP contribution in [0.25, 0.3) is 0 Å². The van der Waals surface area contributed by atoms with E-state index in [0.29, 0.717) is 31.4 Å². The Labute approximate surface area is 150 Å². The molecular weight excluding hydrogens is 328 g/mol. The zero-order valence-corrected chi connectivity index (χ0v) is 15.6. The molecule has 1 aromatic rings. The molecule has 0 spiro atoms. The molecule has 0 heterocycles. The summed E-state index contributed by atoms with van der Waals surface area (Å²) in [6.45, 7) is 4.46. The van der Waals surface area contributed by atoms with Gasteiger partial charge in [0, 0.05) is 24.9 Å². The standard InChI is InChI=1S/C18H28N2O3.ClH/c1-4-18(5-2,13-19)20-17(22)8-6-7-16(21)14-9-11-15(23-3)12-10-14;/h9-12H,4-8,13,19H2,1-3H3,(H,20,22);1H. The molecule has 0 unspecified atom stereocenters. The summed E-state index contributed by atoms with van der Waals surface area (Å²) in [5.41, 5.74) is 6.10. The first kappa shape index (κ1) is 22.4. The molecule has 0 radical (unpaired) electrons. The molecule has 0 bridgehead atoms. The van der Waals surface area contributed by atoms with Gasteiger partial charge in [-0.25, -0.2) is 0 Å². The maximum Gasteiger partial charge on any atom is 0.220 e.